The van der Waals surface area contributed by atoms with Crippen LogP contribution in [0.1, 0.15) is 30.5 Å². The number of aromatic nitrogens is 1. The lowest BCUT2D eigenvalue weighted by Crippen LogP contribution is -2.37. The molecule has 24 heavy (non-hydrogen) atoms. The molecule has 1 heterocycles. The normalized spacial score (nSPS) is 11.6. The highest BCUT2D eigenvalue weighted by Crippen LogP contribution is 2.29. The van der Waals surface area contributed by atoms with Crippen LogP contribution in [0.2, 0.25) is 0 Å². The molecule has 0 saturated heterocycles. The zero-order chi connectivity index (χ0) is 17.2. The summed E-state index contributed by atoms with van der Waals surface area (Å²) in [7, 11) is 0. The van der Waals surface area contributed by atoms with Crippen LogP contribution in [0.4, 0.5) is 0 Å². The number of carbonyl (C=O) groups is 1. The van der Waals surface area contributed by atoms with Crippen molar-refractivity contribution in [3.8, 4) is 0 Å². The second kappa shape index (κ2) is 6.52. The second-order valence-corrected chi connectivity index (χ2v) is 7.01. The van der Waals surface area contributed by atoms with Crippen molar-refractivity contribution < 1.29 is 4.79 Å². The molecule has 0 aliphatic heterocycles. The standard InChI is InChI=1S/C21H24N2O/c1-15-8-4-5-9-16(15)12-20(24)23-14-21(2,3)18-13-22-19-11-7-6-10-17(18)19/h4-11,13,22H,12,14H2,1-3H3,(H,23,24). The van der Waals surface area contributed by atoms with E-state index in [1.165, 1.54) is 10.9 Å². The van der Waals surface area contributed by atoms with E-state index in [-0.39, 0.29) is 11.3 Å². The number of hydrogen-bond donors (Lipinski definition) is 2. The van der Waals surface area contributed by atoms with E-state index in [0.29, 0.717) is 13.0 Å². The molecular formula is C21H24N2O. The van der Waals surface area contributed by atoms with E-state index in [9.17, 15) is 4.79 Å². The van der Waals surface area contributed by atoms with Crippen molar-refractivity contribution in [2.75, 3.05) is 6.54 Å². The van der Waals surface area contributed by atoms with Crippen molar-refractivity contribution in [3.63, 3.8) is 0 Å². The van der Waals surface area contributed by atoms with Crippen molar-refractivity contribution >= 4 is 16.8 Å². The highest BCUT2D eigenvalue weighted by molar-refractivity contribution is 5.84. The Hall–Kier alpha value is -2.55. The SMILES string of the molecule is Cc1ccccc1CC(=O)NCC(C)(C)c1c[nH]c2ccccc12. The summed E-state index contributed by atoms with van der Waals surface area (Å²) in [4.78, 5) is 15.6. The largest absolute Gasteiger partial charge is 0.361 e. The average molecular weight is 320 g/mol. The maximum Gasteiger partial charge on any atom is 0.224 e. The highest BCUT2D eigenvalue weighted by Gasteiger charge is 2.24. The van der Waals surface area contributed by atoms with Crippen LogP contribution in [-0.4, -0.2) is 17.4 Å². The van der Waals surface area contributed by atoms with Crippen LogP contribution in [0, 0.1) is 6.92 Å². The Kier molecular flexibility index (Phi) is 4.43. The number of amides is 1. The van der Waals surface area contributed by atoms with Crippen LogP contribution in [0.15, 0.2) is 54.7 Å². The molecule has 3 aromatic rings. The molecule has 2 aromatic carbocycles. The van der Waals surface area contributed by atoms with E-state index in [0.717, 1.165) is 16.6 Å². The summed E-state index contributed by atoms with van der Waals surface area (Å²) in [6.45, 7) is 6.98. The summed E-state index contributed by atoms with van der Waals surface area (Å²) in [6, 6.07) is 16.3. The Balaban J connectivity index is 1.69. The molecule has 0 bridgehead atoms. The Morgan fingerprint density at radius 2 is 1.79 bits per heavy atom. The molecule has 0 aliphatic carbocycles. The molecule has 0 saturated carbocycles. The zero-order valence-electron chi connectivity index (χ0n) is 14.5. The molecule has 0 unspecified atom stereocenters. The van der Waals surface area contributed by atoms with Gasteiger partial charge in [-0.1, -0.05) is 56.3 Å². The van der Waals surface area contributed by atoms with Crippen molar-refractivity contribution in [1.82, 2.24) is 10.3 Å². The minimum atomic E-state index is -0.138. The van der Waals surface area contributed by atoms with Gasteiger partial charge in [0.2, 0.25) is 5.91 Å². The summed E-state index contributed by atoms with van der Waals surface area (Å²) in [5, 5.41) is 4.32. The lowest BCUT2D eigenvalue weighted by Gasteiger charge is -2.25. The number of hydrogen-bond acceptors (Lipinski definition) is 1. The maximum absolute atomic E-state index is 12.3. The van der Waals surface area contributed by atoms with E-state index in [1.54, 1.807) is 0 Å². The van der Waals surface area contributed by atoms with Gasteiger partial charge >= 0.3 is 0 Å². The number of H-pyrrole nitrogens is 1. The molecular weight excluding hydrogens is 296 g/mol. The first-order valence-corrected chi connectivity index (χ1v) is 8.35. The molecule has 3 heteroatoms. The smallest absolute Gasteiger partial charge is 0.224 e. The number of fused-ring (bicyclic) bond motifs is 1. The predicted molar refractivity (Wildman–Crippen MR) is 99.2 cm³/mol. The van der Waals surface area contributed by atoms with Crippen LogP contribution in [0.5, 0.6) is 0 Å². The Morgan fingerprint density at radius 1 is 1.08 bits per heavy atom. The molecule has 3 rings (SSSR count). The summed E-state index contributed by atoms with van der Waals surface area (Å²) >= 11 is 0. The fraction of sp³-hybridized carbons (Fsp3) is 0.286. The Morgan fingerprint density at radius 3 is 2.58 bits per heavy atom. The second-order valence-electron chi connectivity index (χ2n) is 7.01. The molecule has 0 aliphatic rings. The summed E-state index contributed by atoms with van der Waals surface area (Å²) in [5.41, 5.74) is 4.46. The molecule has 0 atom stereocenters. The third-order valence-corrected chi connectivity index (χ3v) is 4.66. The quantitative estimate of drug-likeness (QED) is 0.730. The van der Waals surface area contributed by atoms with Crippen LogP contribution < -0.4 is 5.32 Å². The molecule has 3 nitrogen and oxygen atoms in total. The zero-order valence-corrected chi connectivity index (χ0v) is 14.5. The number of benzene rings is 2. The first-order chi connectivity index (χ1) is 11.5. The molecule has 1 amide bonds. The van der Waals surface area contributed by atoms with Gasteiger partial charge in [-0.25, -0.2) is 0 Å². The first-order valence-electron chi connectivity index (χ1n) is 8.35. The van der Waals surface area contributed by atoms with Gasteiger partial charge in [-0.05, 0) is 29.7 Å². The number of aromatic amines is 1. The third-order valence-electron chi connectivity index (χ3n) is 4.66. The molecule has 0 spiro atoms. The topological polar surface area (TPSA) is 44.9 Å². The van der Waals surface area contributed by atoms with Crippen LogP contribution in [0.25, 0.3) is 10.9 Å². The lowest BCUT2D eigenvalue weighted by atomic mass is 9.84. The highest BCUT2D eigenvalue weighted by atomic mass is 16.1. The third kappa shape index (κ3) is 3.35. The number of carbonyl (C=O) groups excluding carboxylic acids is 1. The van der Waals surface area contributed by atoms with E-state index >= 15 is 0 Å². The van der Waals surface area contributed by atoms with E-state index in [1.807, 2.05) is 43.3 Å². The van der Waals surface area contributed by atoms with Gasteiger partial charge in [0.25, 0.3) is 0 Å². The van der Waals surface area contributed by atoms with Crippen molar-refractivity contribution in [2.45, 2.75) is 32.6 Å². The summed E-state index contributed by atoms with van der Waals surface area (Å²) in [5.74, 6) is 0.0669. The van der Waals surface area contributed by atoms with Gasteiger partial charge in [0.15, 0.2) is 0 Å². The average Bonchev–Trinajstić information content (AvgIpc) is 3.00. The number of aryl methyl sites for hydroxylation is 1. The van der Waals surface area contributed by atoms with Gasteiger partial charge in [-0.2, -0.15) is 0 Å². The van der Waals surface area contributed by atoms with E-state index in [2.05, 4.69) is 42.5 Å². The summed E-state index contributed by atoms with van der Waals surface area (Å²) < 4.78 is 0. The Labute approximate surface area is 143 Å². The Bertz CT molecular complexity index is 861. The van der Waals surface area contributed by atoms with Crippen molar-refractivity contribution in [1.29, 1.82) is 0 Å². The predicted octanol–water partition coefficient (Wildman–Crippen LogP) is 4.11. The van der Waals surface area contributed by atoms with Gasteiger partial charge in [0.05, 0.1) is 6.42 Å². The van der Waals surface area contributed by atoms with E-state index in [4.69, 9.17) is 0 Å². The molecule has 0 radical (unpaired) electrons. The molecule has 1 aromatic heterocycles. The van der Waals surface area contributed by atoms with Gasteiger partial charge in [-0.15, -0.1) is 0 Å². The molecule has 2 N–H and O–H groups in total. The molecule has 0 fully saturated rings. The van der Waals surface area contributed by atoms with Gasteiger partial charge in [0.1, 0.15) is 0 Å². The van der Waals surface area contributed by atoms with Crippen molar-refractivity contribution in [3.05, 3.63) is 71.4 Å². The minimum absolute atomic E-state index is 0.0669. The van der Waals surface area contributed by atoms with Crippen LogP contribution in [-0.2, 0) is 16.6 Å². The number of nitrogens with one attached hydrogen (secondary N) is 2. The van der Waals surface area contributed by atoms with Crippen molar-refractivity contribution in [2.24, 2.45) is 0 Å². The number of para-hydroxylation sites is 1. The van der Waals surface area contributed by atoms with Gasteiger partial charge in [0, 0.05) is 29.1 Å². The summed E-state index contributed by atoms with van der Waals surface area (Å²) in [6.07, 6.45) is 2.48. The minimum Gasteiger partial charge on any atom is -0.361 e. The van der Waals surface area contributed by atoms with Gasteiger partial charge in [-0.3, -0.25) is 4.79 Å². The van der Waals surface area contributed by atoms with Gasteiger partial charge < -0.3 is 10.3 Å². The van der Waals surface area contributed by atoms with E-state index < -0.39 is 0 Å². The fourth-order valence-electron chi connectivity index (χ4n) is 3.09. The van der Waals surface area contributed by atoms with Crippen LogP contribution in [0.3, 0.4) is 0 Å². The first kappa shape index (κ1) is 16.3. The molecule has 124 valence electrons. The monoisotopic (exact) mass is 320 g/mol. The maximum atomic E-state index is 12.3. The fourth-order valence-corrected chi connectivity index (χ4v) is 3.09. The van der Waals surface area contributed by atoms with Crippen LogP contribution >= 0.6 is 0 Å². The lowest BCUT2D eigenvalue weighted by molar-refractivity contribution is -0.120. The number of rotatable bonds is 5.